The Morgan fingerprint density at radius 3 is 2.73 bits per heavy atom. The maximum absolute atomic E-state index is 13.0. The molecule has 1 unspecified atom stereocenters. The number of nitrogens with zero attached hydrogens (tertiary/aromatic N) is 2. The minimum atomic E-state index is -0.411. The van der Waals surface area contributed by atoms with Crippen molar-refractivity contribution in [3.05, 3.63) is 47.5 Å². The summed E-state index contributed by atoms with van der Waals surface area (Å²) in [6.45, 7) is 2.00. The Labute approximate surface area is 132 Å². The van der Waals surface area contributed by atoms with Gasteiger partial charge >= 0.3 is 5.97 Å². The van der Waals surface area contributed by atoms with E-state index in [1.54, 1.807) is 29.8 Å². The highest BCUT2D eigenvalue weighted by atomic mass is 32.2. The molecule has 0 spiro atoms. The fourth-order valence-corrected chi connectivity index (χ4v) is 2.86. The number of hydrogen-bond donors (Lipinski definition) is 1. The average molecular weight is 324 g/mol. The maximum Gasteiger partial charge on any atom is 0.318 e. The molecular formula is C15H17FN2O3S. The number of rotatable bonds is 6. The van der Waals surface area contributed by atoms with Gasteiger partial charge in [0, 0.05) is 6.54 Å². The number of halogens is 1. The largest absolute Gasteiger partial charge is 0.468 e. The second-order valence-electron chi connectivity index (χ2n) is 4.69. The van der Waals surface area contributed by atoms with Gasteiger partial charge in [0.25, 0.3) is 0 Å². The van der Waals surface area contributed by atoms with Crippen LogP contribution in [0.25, 0.3) is 0 Å². The molecule has 1 aromatic heterocycles. The molecule has 1 atom stereocenters. The molecule has 0 saturated carbocycles. The molecule has 0 fully saturated rings. The summed E-state index contributed by atoms with van der Waals surface area (Å²) >= 11 is 1.25. The first kappa shape index (κ1) is 16.5. The van der Waals surface area contributed by atoms with Crippen molar-refractivity contribution in [3.63, 3.8) is 0 Å². The van der Waals surface area contributed by atoms with E-state index in [1.165, 1.54) is 31.0 Å². The van der Waals surface area contributed by atoms with Crippen molar-refractivity contribution in [2.24, 2.45) is 0 Å². The maximum atomic E-state index is 13.0. The molecule has 1 N–H and O–H groups in total. The zero-order valence-electron chi connectivity index (χ0n) is 12.3. The Morgan fingerprint density at radius 1 is 1.45 bits per heavy atom. The normalized spacial score (nSPS) is 12.2. The van der Waals surface area contributed by atoms with Gasteiger partial charge in [0.05, 0.1) is 25.6 Å². The van der Waals surface area contributed by atoms with Crippen LogP contribution in [0.5, 0.6) is 0 Å². The Hall–Kier alpha value is -1.86. The molecule has 0 radical (unpaired) electrons. The monoisotopic (exact) mass is 324 g/mol. The first-order valence-corrected chi connectivity index (χ1v) is 7.57. The van der Waals surface area contributed by atoms with Crippen LogP contribution in [-0.2, 0) is 22.7 Å². The molecule has 2 rings (SSSR count). The van der Waals surface area contributed by atoms with Crippen molar-refractivity contribution < 1.29 is 19.0 Å². The molecule has 1 aromatic carbocycles. The molecule has 22 heavy (non-hydrogen) atoms. The van der Waals surface area contributed by atoms with E-state index in [1.807, 2.05) is 0 Å². The summed E-state index contributed by atoms with van der Waals surface area (Å²) < 4.78 is 19.5. The highest BCUT2D eigenvalue weighted by Crippen LogP contribution is 2.25. The van der Waals surface area contributed by atoms with Crippen LogP contribution >= 0.6 is 11.8 Å². The first-order chi connectivity index (χ1) is 10.5. The van der Waals surface area contributed by atoms with Gasteiger partial charge in [-0.25, -0.2) is 9.37 Å². The number of benzene rings is 1. The van der Waals surface area contributed by atoms with Crippen LogP contribution in [-0.4, -0.2) is 33.0 Å². The molecule has 0 aliphatic carbocycles. The van der Waals surface area contributed by atoms with Crippen LogP contribution in [0.4, 0.5) is 4.39 Å². The van der Waals surface area contributed by atoms with E-state index in [2.05, 4.69) is 4.98 Å². The number of hydrogen-bond acceptors (Lipinski definition) is 5. The number of esters is 1. The standard InChI is InChI=1S/C15H17FN2O3S/c1-10(14(20)21-2)22-15-17-7-13(9-19)18(15)8-11-3-5-12(16)6-4-11/h3-7,10,19H,8-9H2,1-2H3. The van der Waals surface area contributed by atoms with Crippen molar-refractivity contribution in [1.29, 1.82) is 0 Å². The molecule has 0 amide bonds. The molecule has 7 heteroatoms. The molecule has 0 bridgehead atoms. The highest BCUT2D eigenvalue weighted by molar-refractivity contribution is 8.00. The Bertz CT molecular complexity index is 643. The second kappa shape index (κ2) is 7.42. The van der Waals surface area contributed by atoms with Gasteiger partial charge < -0.3 is 14.4 Å². The lowest BCUT2D eigenvalue weighted by Gasteiger charge is -2.13. The van der Waals surface area contributed by atoms with Gasteiger partial charge in [0.2, 0.25) is 0 Å². The van der Waals surface area contributed by atoms with Crippen molar-refractivity contribution in [3.8, 4) is 0 Å². The van der Waals surface area contributed by atoms with Crippen LogP contribution in [0.3, 0.4) is 0 Å². The zero-order chi connectivity index (χ0) is 16.1. The Balaban J connectivity index is 2.23. The quantitative estimate of drug-likeness (QED) is 0.652. The number of carbonyl (C=O) groups excluding carboxylic acids is 1. The molecule has 0 aliphatic rings. The summed E-state index contributed by atoms with van der Waals surface area (Å²) in [5, 5.41) is 9.61. The number of aliphatic hydroxyl groups is 1. The van der Waals surface area contributed by atoms with Gasteiger partial charge in [-0.2, -0.15) is 0 Å². The van der Waals surface area contributed by atoms with E-state index in [0.29, 0.717) is 17.4 Å². The second-order valence-corrected chi connectivity index (χ2v) is 5.99. The highest BCUT2D eigenvalue weighted by Gasteiger charge is 2.19. The summed E-state index contributed by atoms with van der Waals surface area (Å²) in [6, 6.07) is 6.12. The van der Waals surface area contributed by atoms with Crippen LogP contribution in [0.15, 0.2) is 35.6 Å². The fraction of sp³-hybridized carbons (Fsp3) is 0.333. The van der Waals surface area contributed by atoms with E-state index in [-0.39, 0.29) is 18.4 Å². The van der Waals surface area contributed by atoms with Crippen LogP contribution in [0.2, 0.25) is 0 Å². The van der Waals surface area contributed by atoms with Crippen LogP contribution < -0.4 is 0 Å². The van der Waals surface area contributed by atoms with Gasteiger partial charge in [-0.05, 0) is 24.6 Å². The lowest BCUT2D eigenvalue weighted by atomic mass is 10.2. The number of aliphatic hydroxyl groups excluding tert-OH is 1. The Kier molecular flexibility index (Phi) is 5.57. The molecule has 0 saturated heterocycles. The molecule has 5 nitrogen and oxygen atoms in total. The molecular weight excluding hydrogens is 307 g/mol. The zero-order valence-corrected chi connectivity index (χ0v) is 13.1. The minimum Gasteiger partial charge on any atom is -0.468 e. The van der Waals surface area contributed by atoms with Crippen molar-refractivity contribution in [1.82, 2.24) is 9.55 Å². The fourth-order valence-electron chi connectivity index (χ4n) is 1.93. The molecule has 1 heterocycles. The summed E-state index contributed by atoms with van der Waals surface area (Å²) in [4.78, 5) is 15.8. The third-order valence-corrected chi connectivity index (χ3v) is 4.22. The third kappa shape index (κ3) is 3.86. The van der Waals surface area contributed by atoms with E-state index in [0.717, 1.165) is 5.56 Å². The van der Waals surface area contributed by atoms with E-state index in [9.17, 15) is 14.3 Å². The van der Waals surface area contributed by atoms with E-state index in [4.69, 9.17) is 4.74 Å². The SMILES string of the molecule is COC(=O)C(C)Sc1ncc(CO)n1Cc1ccc(F)cc1. The Morgan fingerprint density at radius 2 is 2.14 bits per heavy atom. The average Bonchev–Trinajstić information content (AvgIpc) is 2.90. The predicted octanol–water partition coefficient (Wildman–Crippen LogP) is 2.22. The topological polar surface area (TPSA) is 64.3 Å². The smallest absolute Gasteiger partial charge is 0.318 e. The summed E-state index contributed by atoms with van der Waals surface area (Å²) in [5.74, 6) is -0.641. The molecule has 0 aliphatic heterocycles. The first-order valence-electron chi connectivity index (χ1n) is 6.69. The molecule has 118 valence electrons. The number of carbonyl (C=O) groups is 1. The minimum absolute atomic E-state index is 0.165. The summed E-state index contributed by atoms with van der Waals surface area (Å²) in [7, 11) is 1.34. The van der Waals surface area contributed by atoms with Crippen molar-refractivity contribution in [2.75, 3.05) is 7.11 Å². The van der Waals surface area contributed by atoms with Gasteiger partial charge in [-0.1, -0.05) is 23.9 Å². The number of ether oxygens (including phenoxy) is 1. The third-order valence-electron chi connectivity index (χ3n) is 3.13. The van der Waals surface area contributed by atoms with E-state index >= 15 is 0 Å². The summed E-state index contributed by atoms with van der Waals surface area (Å²) in [5.41, 5.74) is 1.51. The number of imidazole rings is 1. The van der Waals surface area contributed by atoms with Crippen LogP contribution in [0, 0.1) is 5.82 Å². The number of methoxy groups -OCH3 is 1. The van der Waals surface area contributed by atoms with E-state index < -0.39 is 5.25 Å². The van der Waals surface area contributed by atoms with Gasteiger partial charge in [0.1, 0.15) is 11.1 Å². The van der Waals surface area contributed by atoms with Gasteiger partial charge in [-0.15, -0.1) is 0 Å². The van der Waals surface area contributed by atoms with Crippen molar-refractivity contribution in [2.45, 2.75) is 30.5 Å². The van der Waals surface area contributed by atoms with Gasteiger partial charge in [0.15, 0.2) is 5.16 Å². The lowest BCUT2D eigenvalue weighted by Crippen LogP contribution is -2.16. The lowest BCUT2D eigenvalue weighted by molar-refractivity contribution is -0.139. The van der Waals surface area contributed by atoms with Crippen molar-refractivity contribution >= 4 is 17.7 Å². The number of aromatic nitrogens is 2. The predicted molar refractivity (Wildman–Crippen MR) is 81.0 cm³/mol. The molecule has 2 aromatic rings. The van der Waals surface area contributed by atoms with Gasteiger partial charge in [-0.3, -0.25) is 4.79 Å². The van der Waals surface area contributed by atoms with Crippen LogP contribution in [0.1, 0.15) is 18.2 Å². The summed E-state index contributed by atoms with van der Waals surface area (Å²) in [6.07, 6.45) is 1.57. The number of thioether (sulfide) groups is 1.